The maximum absolute atomic E-state index is 13.2. The van der Waals surface area contributed by atoms with Gasteiger partial charge in [-0.2, -0.15) is 4.31 Å². The van der Waals surface area contributed by atoms with Gasteiger partial charge in [-0.05, 0) is 55.2 Å². The highest BCUT2D eigenvalue weighted by Gasteiger charge is 2.34. The molecule has 0 bridgehead atoms. The van der Waals surface area contributed by atoms with Gasteiger partial charge in [0.15, 0.2) is 0 Å². The van der Waals surface area contributed by atoms with E-state index < -0.39 is 10.0 Å². The van der Waals surface area contributed by atoms with Crippen LogP contribution in [0, 0.1) is 12.8 Å². The van der Waals surface area contributed by atoms with Gasteiger partial charge in [0.1, 0.15) is 16.4 Å². The monoisotopic (exact) mass is 446 g/mol. The molecule has 31 heavy (non-hydrogen) atoms. The standard InChI is InChI=1S/C23H30N2O5S/c1-17-5-10-21(30-4)22(15-17)31(27,28)25-13-11-19(12-14-25)23(26)24(2)16-18-6-8-20(29-3)9-7-18/h5-10,15,19H,11-14,16H2,1-4H3. The number of amides is 1. The summed E-state index contributed by atoms with van der Waals surface area (Å²) in [6.45, 7) is 2.97. The molecule has 0 unspecified atom stereocenters. The van der Waals surface area contributed by atoms with Crippen LogP contribution >= 0.6 is 0 Å². The number of hydrogen-bond donors (Lipinski definition) is 0. The van der Waals surface area contributed by atoms with E-state index in [2.05, 4.69) is 0 Å². The lowest BCUT2D eigenvalue weighted by Crippen LogP contribution is -2.43. The highest BCUT2D eigenvalue weighted by Crippen LogP contribution is 2.31. The van der Waals surface area contributed by atoms with Crippen molar-refractivity contribution in [1.29, 1.82) is 0 Å². The lowest BCUT2D eigenvalue weighted by Gasteiger charge is -2.32. The molecule has 2 aromatic rings. The van der Waals surface area contributed by atoms with Gasteiger partial charge in [0.2, 0.25) is 15.9 Å². The van der Waals surface area contributed by atoms with Gasteiger partial charge in [-0.15, -0.1) is 0 Å². The molecule has 1 amide bonds. The molecule has 7 nitrogen and oxygen atoms in total. The van der Waals surface area contributed by atoms with Crippen molar-refractivity contribution in [3.05, 3.63) is 53.6 Å². The van der Waals surface area contributed by atoms with Crippen molar-refractivity contribution in [1.82, 2.24) is 9.21 Å². The molecule has 1 aliphatic rings. The van der Waals surface area contributed by atoms with Crippen LogP contribution in [0.25, 0.3) is 0 Å². The van der Waals surface area contributed by atoms with Gasteiger partial charge in [-0.1, -0.05) is 18.2 Å². The molecule has 168 valence electrons. The lowest BCUT2D eigenvalue weighted by molar-refractivity contribution is -0.135. The second-order valence-electron chi connectivity index (χ2n) is 7.88. The van der Waals surface area contributed by atoms with Crippen LogP contribution in [-0.2, 0) is 21.4 Å². The fourth-order valence-corrected chi connectivity index (χ4v) is 5.57. The summed E-state index contributed by atoms with van der Waals surface area (Å²) in [5.41, 5.74) is 1.87. The van der Waals surface area contributed by atoms with Gasteiger partial charge in [-0.25, -0.2) is 8.42 Å². The molecule has 3 rings (SSSR count). The molecule has 0 aliphatic carbocycles. The van der Waals surface area contributed by atoms with E-state index in [1.165, 1.54) is 11.4 Å². The SMILES string of the molecule is COc1ccc(CN(C)C(=O)C2CCN(S(=O)(=O)c3cc(C)ccc3OC)CC2)cc1. The van der Waals surface area contributed by atoms with Gasteiger partial charge in [0, 0.05) is 32.6 Å². The van der Waals surface area contributed by atoms with E-state index in [-0.39, 0.29) is 16.7 Å². The Morgan fingerprint density at radius 1 is 1.06 bits per heavy atom. The van der Waals surface area contributed by atoms with Crippen LogP contribution in [0.1, 0.15) is 24.0 Å². The van der Waals surface area contributed by atoms with E-state index in [9.17, 15) is 13.2 Å². The first-order valence-electron chi connectivity index (χ1n) is 10.3. The van der Waals surface area contributed by atoms with Crippen molar-refractivity contribution < 1.29 is 22.7 Å². The molecule has 0 aromatic heterocycles. The van der Waals surface area contributed by atoms with Gasteiger partial charge < -0.3 is 14.4 Å². The fraction of sp³-hybridized carbons (Fsp3) is 0.435. The van der Waals surface area contributed by atoms with Crippen LogP contribution in [0.2, 0.25) is 0 Å². The van der Waals surface area contributed by atoms with Crippen molar-refractivity contribution in [3.8, 4) is 11.5 Å². The van der Waals surface area contributed by atoms with E-state index in [1.807, 2.05) is 37.3 Å². The maximum Gasteiger partial charge on any atom is 0.246 e. The third-order valence-electron chi connectivity index (χ3n) is 5.70. The minimum Gasteiger partial charge on any atom is -0.497 e. The summed E-state index contributed by atoms with van der Waals surface area (Å²) < 4.78 is 38.2. The average molecular weight is 447 g/mol. The predicted octanol–water partition coefficient (Wildman–Crippen LogP) is 3.07. The van der Waals surface area contributed by atoms with E-state index in [1.54, 1.807) is 31.2 Å². The molecule has 1 saturated heterocycles. The number of methoxy groups -OCH3 is 2. The molecule has 0 atom stereocenters. The van der Waals surface area contributed by atoms with Crippen LogP contribution < -0.4 is 9.47 Å². The Labute approximate surface area is 184 Å². The molecule has 2 aromatic carbocycles. The summed E-state index contributed by atoms with van der Waals surface area (Å²) >= 11 is 0. The Bertz CT molecular complexity index is 1010. The quantitative estimate of drug-likeness (QED) is 0.653. The Hall–Kier alpha value is -2.58. The van der Waals surface area contributed by atoms with Crippen LogP contribution in [-0.4, -0.2) is 57.9 Å². The lowest BCUT2D eigenvalue weighted by atomic mass is 9.96. The number of carbonyl (C=O) groups is 1. The predicted molar refractivity (Wildman–Crippen MR) is 119 cm³/mol. The number of nitrogens with zero attached hydrogens (tertiary/aromatic N) is 2. The molecular formula is C23H30N2O5S. The first-order valence-corrected chi connectivity index (χ1v) is 11.7. The van der Waals surface area contributed by atoms with E-state index in [0.29, 0.717) is 38.2 Å². The van der Waals surface area contributed by atoms with E-state index >= 15 is 0 Å². The summed E-state index contributed by atoms with van der Waals surface area (Å²) in [6.07, 6.45) is 0.998. The Balaban J connectivity index is 1.63. The minimum absolute atomic E-state index is 0.0426. The zero-order chi connectivity index (χ0) is 22.6. The molecule has 1 heterocycles. The number of rotatable bonds is 7. The fourth-order valence-electron chi connectivity index (χ4n) is 3.86. The first kappa shape index (κ1) is 23.1. The zero-order valence-electron chi connectivity index (χ0n) is 18.5. The highest BCUT2D eigenvalue weighted by atomic mass is 32.2. The summed E-state index contributed by atoms with van der Waals surface area (Å²) in [5, 5.41) is 0. The molecule has 0 radical (unpaired) electrons. The van der Waals surface area contributed by atoms with Crippen molar-refractivity contribution >= 4 is 15.9 Å². The first-order chi connectivity index (χ1) is 14.8. The summed E-state index contributed by atoms with van der Waals surface area (Å²) in [5.74, 6) is 0.967. The number of benzene rings is 2. The second-order valence-corrected chi connectivity index (χ2v) is 9.78. The summed E-state index contributed by atoms with van der Waals surface area (Å²) in [4.78, 5) is 14.8. The molecule has 8 heteroatoms. The van der Waals surface area contributed by atoms with Gasteiger partial charge in [0.25, 0.3) is 0 Å². The molecule has 1 fully saturated rings. The van der Waals surface area contributed by atoms with Gasteiger partial charge >= 0.3 is 0 Å². The molecule has 0 saturated carbocycles. The van der Waals surface area contributed by atoms with Crippen molar-refractivity contribution in [2.24, 2.45) is 5.92 Å². The topological polar surface area (TPSA) is 76.2 Å². The maximum atomic E-state index is 13.2. The van der Waals surface area contributed by atoms with Crippen LogP contribution in [0.4, 0.5) is 0 Å². The van der Waals surface area contributed by atoms with E-state index in [4.69, 9.17) is 9.47 Å². The van der Waals surface area contributed by atoms with Crippen LogP contribution in [0.3, 0.4) is 0 Å². The number of hydrogen-bond acceptors (Lipinski definition) is 5. The van der Waals surface area contributed by atoms with Crippen LogP contribution in [0.5, 0.6) is 11.5 Å². The van der Waals surface area contributed by atoms with Crippen molar-refractivity contribution in [2.45, 2.75) is 31.2 Å². The molecule has 0 spiro atoms. The minimum atomic E-state index is -3.68. The Morgan fingerprint density at radius 3 is 2.29 bits per heavy atom. The number of ether oxygens (including phenoxy) is 2. The number of piperidine rings is 1. The molecular weight excluding hydrogens is 416 g/mol. The van der Waals surface area contributed by atoms with Gasteiger partial charge in [-0.3, -0.25) is 4.79 Å². The second kappa shape index (κ2) is 9.70. The molecule has 1 aliphatic heterocycles. The van der Waals surface area contributed by atoms with Crippen molar-refractivity contribution in [2.75, 3.05) is 34.4 Å². The number of sulfonamides is 1. The van der Waals surface area contributed by atoms with Gasteiger partial charge in [0.05, 0.1) is 14.2 Å². The summed E-state index contributed by atoms with van der Waals surface area (Å²) in [6, 6.07) is 12.7. The highest BCUT2D eigenvalue weighted by molar-refractivity contribution is 7.89. The zero-order valence-corrected chi connectivity index (χ0v) is 19.3. The van der Waals surface area contributed by atoms with Crippen LogP contribution in [0.15, 0.2) is 47.4 Å². The third kappa shape index (κ3) is 5.19. The Morgan fingerprint density at radius 2 is 1.71 bits per heavy atom. The van der Waals surface area contributed by atoms with Crippen molar-refractivity contribution in [3.63, 3.8) is 0 Å². The van der Waals surface area contributed by atoms with E-state index in [0.717, 1.165) is 16.9 Å². The Kier molecular flexibility index (Phi) is 7.23. The number of aryl methyl sites for hydroxylation is 1. The molecule has 0 N–H and O–H groups in total. The number of carbonyl (C=O) groups excluding carboxylic acids is 1. The average Bonchev–Trinajstić information content (AvgIpc) is 2.79. The largest absolute Gasteiger partial charge is 0.497 e. The summed E-state index contributed by atoms with van der Waals surface area (Å²) in [7, 11) is 1.19. The third-order valence-corrected chi connectivity index (χ3v) is 7.61. The smallest absolute Gasteiger partial charge is 0.246 e. The normalized spacial score (nSPS) is 15.5.